The summed E-state index contributed by atoms with van der Waals surface area (Å²) in [6, 6.07) is 8.30. The van der Waals surface area contributed by atoms with Gasteiger partial charge in [-0.25, -0.2) is 0 Å². The second-order valence-corrected chi connectivity index (χ2v) is 6.35. The Hall–Kier alpha value is -1.88. The summed E-state index contributed by atoms with van der Waals surface area (Å²) >= 11 is 0. The van der Waals surface area contributed by atoms with Crippen LogP contribution in [-0.4, -0.2) is 60.9 Å². The number of fused-ring (bicyclic) bond motifs is 1. The number of amides is 2. The number of likely N-dealkylation sites (N-methyl/N-ethyl adjacent to an activating group) is 1. The molecule has 0 unspecified atom stereocenters. The summed E-state index contributed by atoms with van der Waals surface area (Å²) in [6.45, 7) is 6.01. The fourth-order valence-corrected chi connectivity index (χ4v) is 3.62. The van der Waals surface area contributed by atoms with E-state index in [0.717, 1.165) is 39.0 Å². The van der Waals surface area contributed by atoms with Crippen LogP contribution >= 0.6 is 0 Å². The number of carbonyl (C=O) groups is 2. The minimum absolute atomic E-state index is 0.0288. The number of hydrogen-bond donors (Lipinski definition) is 1. The Labute approximate surface area is 137 Å². The van der Waals surface area contributed by atoms with Gasteiger partial charge in [0.2, 0.25) is 11.8 Å². The SMILES string of the molecule is CCNC(=O)CN1CCN(C(=O)[C@H]2CCc3ccccc32)CC1. The molecule has 2 amide bonds. The van der Waals surface area contributed by atoms with Crippen LogP contribution in [0.25, 0.3) is 0 Å². The van der Waals surface area contributed by atoms with Gasteiger partial charge in [0.05, 0.1) is 12.5 Å². The third-order valence-corrected chi connectivity index (χ3v) is 4.86. The first-order chi connectivity index (χ1) is 11.2. The van der Waals surface area contributed by atoms with E-state index in [4.69, 9.17) is 0 Å². The van der Waals surface area contributed by atoms with Crippen molar-refractivity contribution in [1.82, 2.24) is 15.1 Å². The lowest BCUT2D eigenvalue weighted by molar-refractivity contribution is -0.134. The molecule has 2 aliphatic rings. The molecule has 1 aromatic rings. The summed E-state index contributed by atoms with van der Waals surface area (Å²) in [5, 5.41) is 2.82. The maximum Gasteiger partial charge on any atom is 0.234 e. The summed E-state index contributed by atoms with van der Waals surface area (Å²) < 4.78 is 0. The predicted octanol–water partition coefficient (Wildman–Crippen LogP) is 0.997. The van der Waals surface area contributed by atoms with E-state index in [-0.39, 0.29) is 17.7 Å². The average Bonchev–Trinajstić information content (AvgIpc) is 2.99. The van der Waals surface area contributed by atoms with Gasteiger partial charge in [-0.2, -0.15) is 0 Å². The van der Waals surface area contributed by atoms with Gasteiger partial charge in [-0.05, 0) is 30.9 Å². The van der Waals surface area contributed by atoms with Crippen molar-refractivity contribution in [2.24, 2.45) is 0 Å². The first-order valence-corrected chi connectivity index (χ1v) is 8.54. The van der Waals surface area contributed by atoms with E-state index in [2.05, 4.69) is 22.3 Å². The lowest BCUT2D eigenvalue weighted by Crippen LogP contribution is -2.51. The van der Waals surface area contributed by atoms with Crippen LogP contribution in [-0.2, 0) is 16.0 Å². The lowest BCUT2D eigenvalue weighted by atomic mass is 9.99. The predicted molar refractivity (Wildman–Crippen MR) is 89.2 cm³/mol. The summed E-state index contributed by atoms with van der Waals surface area (Å²) in [5.41, 5.74) is 2.53. The van der Waals surface area contributed by atoms with Crippen LogP contribution in [0, 0.1) is 0 Å². The third kappa shape index (κ3) is 3.55. The minimum Gasteiger partial charge on any atom is -0.355 e. The van der Waals surface area contributed by atoms with Gasteiger partial charge in [0.25, 0.3) is 0 Å². The Kier molecular flexibility index (Phi) is 4.96. The number of carbonyl (C=O) groups excluding carboxylic acids is 2. The Morgan fingerprint density at radius 1 is 1.17 bits per heavy atom. The number of benzene rings is 1. The quantitative estimate of drug-likeness (QED) is 0.902. The molecule has 0 spiro atoms. The number of aryl methyl sites for hydroxylation is 1. The van der Waals surface area contributed by atoms with Gasteiger partial charge in [-0.15, -0.1) is 0 Å². The van der Waals surface area contributed by atoms with E-state index in [1.807, 2.05) is 24.0 Å². The van der Waals surface area contributed by atoms with Crippen molar-refractivity contribution in [1.29, 1.82) is 0 Å². The highest BCUT2D eigenvalue weighted by molar-refractivity contribution is 5.85. The molecule has 0 bridgehead atoms. The zero-order valence-corrected chi connectivity index (χ0v) is 13.8. The fraction of sp³-hybridized carbons (Fsp3) is 0.556. The molecule has 0 saturated carbocycles. The number of rotatable bonds is 4. The van der Waals surface area contributed by atoms with E-state index in [1.54, 1.807) is 0 Å². The van der Waals surface area contributed by atoms with E-state index < -0.39 is 0 Å². The Morgan fingerprint density at radius 2 is 1.91 bits per heavy atom. The van der Waals surface area contributed by atoms with Gasteiger partial charge in [-0.1, -0.05) is 24.3 Å². The van der Waals surface area contributed by atoms with Crippen LogP contribution < -0.4 is 5.32 Å². The molecule has 23 heavy (non-hydrogen) atoms. The molecule has 1 saturated heterocycles. The normalized spacial score (nSPS) is 21.1. The Balaban J connectivity index is 1.54. The third-order valence-electron chi connectivity index (χ3n) is 4.86. The topological polar surface area (TPSA) is 52.7 Å². The molecular weight excluding hydrogens is 290 g/mol. The van der Waals surface area contributed by atoms with Crippen molar-refractivity contribution in [3.8, 4) is 0 Å². The number of nitrogens with one attached hydrogen (secondary N) is 1. The molecule has 0 radical (unpaired) electrons. The number of nitrogens with zero attached hydrogens (tertiary/aromatic N) is 2. The van der Waals surface area contributed by atoms with Crippen molar-refractivity contribution in [2.45, 2.75) is 25.7 Å². The smallest absolute Gasteiger partial charge is 0.234 e. The molecule has 1 aliphatic carbocycles. The van der Waals surface area contributed by atoms with Gasteiger partial charge in [0, 0.05) is 32.7 Å². The first kappa shape index (κ1) is 16.0. The van der Waals surface area contributed by atoms with E-state index >= 15 is 0 Å². The monoisotopic (exact) mass is 315 g/mol. The molecular formula is C18H25N3O2. The van der Waals surface area contributed by atoms with Crippen molar-refractivity contribution in [3.05, 3.63) is 35.4 Å². The van der Waals surface area contributed by atoms with Crippen LogP contribution in [0.4, 0.5) is 0 Å². The van der Waals surface area contributed by atoms with Crippen LogP contribution in [0.1, 0.15) is 30.4 Å². The fourth-order valence-electron chi connectivity index (χ4n) is 3.62. The number of hydrogen-bond acceptors (Lipinski definition) is 3. The zero-order valence-electron chi connectivity index (χ0n) is 13.8. The molecule has 1 atom stereocenters. The van der Waals surface area contributed by atoms with Crippen LogP contribution in [0.5, 0.6) is 0 Å². The highest BCUT2D eigenvalue weighted by atomic mass is 16.2. The summed E-state index contributed by atoms with van der Waals surface area (Å²) in [6.07, 6.45) is 1.93. The standard InChI is InChI=1S/C18H25N3O2/c1-2-19-17(22)13-20-9-11-21(12-10-20)18(23)16-8-7-14-5-3-4-6-15(14)16/h3-6,16H,2,7-13H2,1H3,(H,19,22)/t16-/m0/s1. The minimum atomic E-state index is 0.0288. The van der Waals surface area contributed by atoms with Crippen molar-refractivity contribution in [3.63, 3.8) is 0 Å². The van der Waals surface area contributed by atoms with Gasteiger partial charge in [0.1, 0.15) is 0 Å². The highest BCUT2D eigenvalue weighted by Gasteiger charge is 2.33. The molecule has 1 aliphatic heterocycles. The first-order valence-electron chi connectivity index (χ1n) is 8.54. The molecule has 0 aromatic heterocycles. The van der Waals surface area contributed by atoms with Gasteiger partial charge >= 0.3 is 0 Å². The summed E-state index contributed by atoms with van der Waals surface area (Å²) in [7, 11) is 0. The Bertz CT molecular complexity index is 579. The van der Waals surface area contributed by atoms with Crippen LogP contribution in [0.2, 0.25) is 0 Å². The maximum atomic E-state index is 12.8. The maximum absolute atomic E-state index is 12.8. The van der Waals surface area contributed by atoms with Crippen LogP contribution in [0.15, 0.2) is 24.3 Å². The number of piperazine rings is 1. The summed E-state index contributed by atoms with van der Waals surface area (Å²) in [4.78, 5) is 28.6. The molecule has 1 fully saturated rings. The molecule has 5 nitrogen and oxygen atoms in total. The van der Waals surface area contributed by atoms with E-state index in [0.29, 0.717) is 13.1 Å². The molecule has 3 rings (SSSR count). The van der Waals surface area contributed by atoms with Crippen molar-refractivity contribution < 1.29 is 9.59 Å². The Morgan fingerprint density at radius 3 is 2.65 bits per heavy atom. The second-order valence-electron chi connectivity index (χ2n) is 6.35. The zero-order chi connectivity index (χ0) is 16.2. The second kappa shape index (κ2) is 7.13. The molecule has 124 valence electrons. The van der Waals surface area contributed by atoms with Crippen molar-refractivity contribution in [2.75, 3.05) is 39.3 Å². The molecule has 1 N–H and O–H groups in total. The molecule has 1 aromatic carbocycles. The van der Waals surface area contributed by atoms with Gasteiger partial charge in [0.15, 0.2) is 0 Å². The van der Waals surface area contributed by atoms with Crippen molar-refractivity contribution >= 4 is 11.8 Å². The highest BCUT2D eigenvalue weighted by Crippen LogP contribution is 2.34. The average molecular weight is 315 g/mol. The van der Waals surface area contributed by atoms with Gasteiger partial charge in [-0.3, -0.25) is 14.5 Å². The summed E-state index contributed by atoms with van der Waals surface area (Å²) in [5.74, 6) is 0.353. The van der Waals surface area contributed by atoms with Crippen LogP contribution in [0.3, 0.4) is 0 Å². The van der Waals surface area contributed by atoms with E-state index in [9.17, 15) is 9.59 Å². The lowest BCUT2D eigenvalue weighted by Gasteiger charge is -2.35. The van der Waals surface area contributed by atoms with E-state index in [1.165, 1.54) is 11.1 Å². The molecule has 5 heteroatoms. The largest absolute Gasteiger partial charge is 0.355 e. The van der Waals surface area contributed by atoms with Gasteiger partial charge < -0.3 is 10.2 Å². The molecule has 1 heterocycles.